The van der Waals surface area contributed by atoms with Gasteiger partial charge in [-0.05, 0) is 0 Å². The van der Waals surface area contributed by atoms with Gasteiger partial charge in [0.2, 0.25) is 0 Å². The van der Waals surface area contributed by atoms with Crippen molar-refractivity contribution < 1.29 is 103 Å². The normalized spacial score (nSPS) is 14.8. The number of halogens is 12. The van der Waals surface area contributed by atoms with Crippen LogP contribution in [0.5, 0.6) is 0 Å². The van der Waals surface area contributed by atoms with Gasteiger partial charge < -0.3 is 0 Å². The summed E-state index contributed by atoms with van der Waals surface area (Å²) in [4.78, 5) is 0. The molecule has 0 aliphatic carbocycles. The Labute approximate surface area is 173 Å². The quantitative estimate of drug-likeness (QED) is 0.340. The van der Waals surface area contributed by atoms with E-state index in [-0.39, 0.29) is 16.5 Å². The summed E-state index contributed by atoms with van der Waals surface area (Å²) in [7, 11) is -26.4. The van der Waals surface area contributed by atoms with Crippen LogP contribution in [0.1, 0.15) is 0 Å². The Morgan fingerprint density at radius 2 is 0.452 bits per heavy atom. The van der Waals surface area contributed by atoms with E-state index in [1.54, 1.807) is 0 Å². The maximum atomic E-state index is 11.5. The third-order valence-electron chi connectivity index (χ3n) is 1.66. The van der Waals surface area contributed by atoms with Crippen molar-refractivity contribution in [1.82, 2.24) is 8.25 Å². The molecule has 0 aromatic carbocycles. The summed E-state index contributed by atoms with van der Waals surface area (Å²) in [5.74, 6) is 0. The molecule has 0 rings (SSSR count). The summed E-state index contributed by atoms with van der Waals surface area (Å²) < 4.78 is 217. The van der Waals surface area contributed by atoms with Crippen LogP contribution in [0, 0.1) is 0 Å². The molecule has 0 atom stereocenters. The average Bonchev–Trinajstić information content (AvgIpc) is 2.30. The molecular weight excluding hydrogens is 619 g/mol. The van der Waals surface area contributed by atoms with Crippen molar-refractivity contribution in [3.8, 4) is 0 Å². The molecule has 0 aromatic heterocycles. The fourth-order valence-corrected chi connectivity index (χ4v) is 4.30. The number of hydrogen-bond acceptors (Lipinski definition) is 8. The first-order valence-electron chi connectivity index (χ1n) is 5.23. The molecule has 31 heavy (non-hydrogen) atoms. The van der Waals surface area contributed by atoms with E-state index in [1.807, 2.05) is 0 Å². The summed E-state index contributed by atoms with van der Waals surface area (Å²) >= 11 is 0. The third-order valence-corrected chi connectivity index (χ3v) is 7.61. The van der Waals surface area contributed by atoms with Crippen molar-refractivity contribution in [2.24, 2.45) is 0 Å². The van der Waals surface area contributed by atoms with E-state index in [4.69, 9.17) is 0 Å². The maximum Gasteiger partial charge on any atom is 0.512 e. The zero-order chi connectivity index (χ0) is 25.4. The fraction of sp³-hybridized carbons (Fsp3) is 1.00. The second kappa shape index (κ2) is 9.70. The predicted molar refractivity (Wildman–Crippen MR) is 66.2 cm³/mol. The van der Waals surface area contributed by atoms with Crippen molar-refractivity contribution in [1.29, 1.82) is 0 Å². The van der Waals surface area contributed by atoms with Crippen LogP contribution in [-0.4, -0.2) is 55.7 Å². The van der Waals surface area contributed by atoms with Crippen molar-refractivity contribution in [2.45, 2.75) is 22.0 Å². The molecule has 194 valence electrons. The summed E-state index contributed by atoms with van der Waals surface area (Å²) in [5, 5.41) is 0. The van der Waals surface area contributed by atoms with Gasteiger partial charge in [0.05, 0.1) is 0 Å². The molecule has 0 spiro atoms. The molecule has 0 aliphatic heterocycles. The van der Waals surface area contributed by atoms with Crippen molar-refractivity contribution in [3.05, 3.63) is 0 Å². The summed E-state index contributed by atoms with van der Waals surface area (Å²) in [5.41, 5.74) is -24.6. The van der Waals surface area contributed by atoms with Crippen LogP contribution in [0.3, 0.4) is 0 Å². The van der Waals surface area contributed by atoms with Gasteiger partial charge in [-0.25, -0.2) is 33.7 Å². The van der Waals surface area contributed by atoms with Crippen molar-refractivity contribution in [2.75, 3.05) is 0 Å². The van der Waals surface area contributed by atoms with Gasteiger partial charge in [0.25, 0.3) is 0 Å². The molecule has 0 radical (unpaired) electrons. The molecule has 2 N–H and O–H groups in total. The first-order valence-corrected chi connectivity index (χ1v) is 11.2. The first kappa shape index (κ1) is 35.0. The molecule has 0 fully saturated rings. The molecule has 0 amide bonds. The molecule has 10 nitrogen and oxygen atoms in total. The third kappa shape index (κ3) is 9.81. The molecule has 0 bridgehead atoms. The van der Waals surface area contributed by atoms with E-state index in [2.05, 4.69) is 0 Å². The van der Waals surface area contributed by atoms with Crippen LogP contribution in [0.25, 0.3) is 0 Å². The van der Waals surface area contributed by atoms with Crippen LogP contribution in [-0.2, 0) is 56.6 Å². The maximum absolute atomic E-state index is 11.5. The van der Waals surface area contributed by atoms with E-state index < -0.39 is 70.4 Å². The van der Waals surface area contributed by atoms with E-state index >= 15 is 0 Å². The van der Waals surface area contributed by atoms with Crippen LogP contribution in [0.2, 0.25) is 0 Å². The summed E-state index contributed by atoms with van der Waals surface area (Å²) in [6.45, 7) is 0. The summed E-state index contributed by atoms with van der Waals surface area (Å²) in [6.07, 6.45) is 0. The largest absolute Gasteiger partial charge is 0.512 e. The molecule has 27 heteroatoms. The Bertz CT molecular complexity index is 862. The molecule has 0 aromatic rings. The average molecular weight is 621 g/mol. The Morgan fingerprint density at radius 3 is 0.516 bits per heavy atom. The first-order chi connectivity index (χ1) is 12.4. The Balaban J connectivity index is -0.000000490. The second-order valence-electron chi connectivity index (χ2n) is 3.96. The SMILES string of the molecule is O=S(=O)(NS(=O)(=O)C(F)(F)F)C(F)(F)F.O=S(=O)(NS(=O)(=O)C(F)(F)F)C(F)(F)F.[Ni]. The van der Waals surface area contributed by atoms with Crippen LogP contribution < -0.4 is 8.25 Å². The smallest absolute Gasteiger partial charge is 0.202 e. The van der Waals surface area contributed by atoms with Gasteiger partial charge in [-0.15, -0.1) is 0 Å². The molecule has 0 saturated carbocycles. The fourth-order valence-electron chi connectivity index (χ4n) is 0.478. The van der Waals surface area contributed by atoms with E-state index in [0.29, 0.717) is 0 Å². The number of rotatable bonds is 4. The molecule has 0 unspecified atom stereocenters. The van der Waals surface area contributed by atoms with Crippen molar-refractivity contribution >= 4 is 40.1 Å². The van der Waals surface area contributed by atoms with E-state index in [1.165, 1.54) is 0 Å². The minimum Gasteiger partial charge on any atom is -0.202 e. The minimum atomic E-state index is -6.60. The Morgan fingerprint density at radius 1 is 0.355 bits per heavy atom. The predicted octanol–water partition coefficient (Wildman–Crippen LogP) is 0.548. The molecule has 0 heterocycles. The number of sulfonamides is 4. The van der Waals surface area contributed by atoms with Gasteiger partial charge in [0, 0.05) is 16.5 Å². The second-order valence-corrected chi connectivity index (χ2v) is 11.2. The topological polar surface area (TPSA) is 161 Å². The number of alkyl halides is 12. The van der Waals surface area contributed by atoms with Gasteiger partial charge in [-0.3, -0.25) is 0 Å². The molecule has 0 saturated heterocycles. The molecule has 0 aliphatic rings. The van der Waals surface area contributed by atoms with Gasteiger partial charge in [-0.1, -0.05) is 8.25 Å². The number of hydrogen-bond donors (Lipinski definition) is 2. The Kier molecular flexibility index (Phi) is 10.9. The van der Waals surface area contributed by atoms with Crippen LogP contribution in [0.4, 0.5) is 52.7 Å². The van der Waals surface area contributed by atoms with Gasteiger partial charge in [-0.2, -0.15) is 52.7 Å². The standard InChI is InChI=1S/2C2HF6NO4S2.Ni/c2*3-1(4,5)14(10,11)9-15(12,13)2(6,7)8;/h2*9H;. The van der Waals surface area contributed by atoms with E-state index in [0.717, 1.165) is 0 Å². The minimum absolute atomic E-state index is 0. The van der Waals surface area contributed by atoms with Crippen molar-refractivity contribution in [3.63, 3.8) is 0 Å². The van der Waals surface area contributed by atoms with E-state index in [9.17, 15) is 86.4 Å². The zero-order valence-electron chi connectivity index (χ0n) is 12.8. The van der Waals surface area contributed by atoms with Gasteiger partial charge in [0.15, 0.2) is 0 Å². The summed E-state index contributed by atoms with van der Waals surface area (Å²) in [6, 6.07) is 0. The number of nitrogens with one attached hydrogen (secondary N) is 2. The monoisotopic (exact) mass is 620 g/mol. The van der Waals surface area contributed by atoms with Crippen LogP contribution in [0.15, 0.2) is 0 Å². The molecular formula is C4H2F12N2NiO8S4. The van der Waals surface area contributed by atoms with Gasteiger partial charge in [0.1, 0.15) is 0 Å². The van der Waals surface area contributed by atoms with Gasteiger partial charge >= 0.3 is 62.1 Å². The Hall–Kier alpha value is -0.626. The zero-order valence-corrected chi connectivity index (χ0v) is 17.0. The van der Waals surface area contributed by atoms with Crippen LogP contribution >= 0.6 is 0 Å².